The van der Waals surface area contributed by atoms with Crippen LogP contribution in [0.5, 0.6) is 0 Å². The summed E-state index contributed by atoms with van der Waals surface area (Å²) in [5, 5.41) is 9.71. The Bertz CT molecular complexity index is 428. The molecule has 1 fully saturated rings. The summed E-state index contributed by atoms with van der Waals surface area (Å²) in [6, 6.07) is 2.19. The van der Waals surface area contributed by atoms with E-state index >= 15 is 0 Å². The predicted molar refractivity (Wildman–Crippen MR) is 59.7 cm³/mol. The van der Waals surface area contributed by atoms with Crippen molar-refractivity contribution in [2.45, 2.75) is 32.1 Å². The Morgan fingerprint density at radius 3 is 2.60 bits per heavy atom. The lowest BCUT2D eigenvalue weighted by molar-refractivity contribution is 0.480. The molecule has 3 heteroatoms. The fraction of sp³-hybridized carbons (Fsp3) is 0.500. The van der Waals surface area contributed by atoms with Crippen molar-refractivity contribution in [3.05, 3.63) is 28.5 Å². The van der Waals surface area contributed by atoms with Crippen molar-refractivity contribution in [1.29, 1.82) is 5.26 Å². The number of hydrogen-bond acceptors (Lipinski definition) is 2. The quantitative estimate of drug-likeness (QED) is 0.767. The van der Waals surface area contributed by atoms with Gasteiger partial charge < -0.3 is 0 Å². The normalized spacial score (nSPS) is 17.5. The Labute approximate surface area is 94.9 Å². The molecule has 1 saturated carbocycles. The van der Waals surface area contributed by atoms with Crippen molar-refractivity contribution in [2.24, 2.45) is 5.92 Å². The van der Waals surface area contributed by atoms with Gasteiger partial charge in [-0.25, -0.2) is 0 Å². The number of hydrogen-bond donors (Lipinski definition) is 0. The van der Waals surface area contributed by atoms with Gasteiger partial charge in [-0.3, -0.25) is 4.98 Å². The number of rotatable bonds is 2. The van der Waals surface area contributed by atoms with Crippen LogP contribution in [-0.4, -0.2) is 4.98 Å². The van der Waals surface area contributed by atoms with E-state index in [1.165, 1.54) is 0 Å². The first kappa shape index (κ1) is 10.4. The summed E-state index contributed by atoms with van der Waals surface area (Å²) < 4.78 is 0. The molecule has 0 spiro atoms. The molecule has 15 heavy (non-hydrogen) atoms. The number of nitrogens with zero attached hydrogens (tertiary/aromatic N) is 2. The zero-order valence-electron chi connectivity index (χ0n) is 8.92. The number of nitriles is 1. The fourth-order valence-corrected chi connectivity index (χ4v) is 2.62. The molecule has 1 aromatic rings. The molecular formula is C12H13ClN2. The van der Waals surface area contributed by atoms with Gasteiger partial charge in [0.2, 0.25) is 0 Å². The molecule has 0 atom stereocenters. The maximum Gasteiger partial charge on any atom is 0.101 e. The van der Waals surface area contributed by atoms with Gasteiger partial charge in [-0.1, -0.05) is 25.4 Å². The Hall–Kier alpha value is -1.07. The van der Waals surface area contributed by atoms with Crippen LogP contribution in [0.25, 0.3) is 0 Å². The first-order chi connectivity index (χ1) is 7.12. The Kier molecular flexibility index (Phi) is 2.44. The SMILES string of the molecule is CC(C)C1(c2c(Cl)cncc2C#N)CC1. The molecule has 0 unspecified atom stereocenters. The van der Waals surface area contributed by atoms with Gasteiger partial charge in [0.15, 0.2) is 0 Å². The number of aromatic nitrogens is 1. The van der Waals surface area contributed by atoms with Crippen LogP contribution < -0.4 is 0 Å². The maximum atomic E-state index is 9.07. The van der Waals surface area contributed by atoms with Crippen LogP contribution in [0, 0.1) is 17.2 Å². The van der Waals surface area contributed by atoms with Crippen LogP contribution in [-0.2, 0) is 5.41 Å². The first-order valence-corrected chi connectivity index (χ1v) is 5.53. The minimum absolute atomic E-state index is 0.130. The summed E-state index contributed by atoms with van der Waals surface area (Å²) in [6.07, 6.45) is 5.51. The second kappa shape index (κ2) is 3.50. The van der Waals surface area contributed by atoms with E-state index in [0.29, 0.717) is 16.5 Å². The third-order valence-corrected chi connectivity index (χ3v) is 3.70. The maximum absolute atomic E-state index is 9.07. The van der Waals surface area contributed by atoms with Gasteiger partial charge in [-0.05, 0) is 24.3 Å². The molecule has 0 saturated heterocycles. The standard InChI is InChI=1S/C12H13ClN2/c1-8(2)12(3-4-12)11-9(5-14)6-15-7-10(11)13/h6-8H,3-4H2,1-2H3. The topological polar surface area (TPSA) is 36.7 Å². The van der Waals surface area contributed by atoms with Crippen LogP contribution in [0.2, 0.25) is 5.02 Å². The molecule has 0 aromatic carbocycles. The van der Waals surface area contributed by atoms with Crippen molar-refractivity contribution in [1.82, 2.24) is 4.98 Å². The minimum atomic E-state index is 0.130. The second-order valence-corrected chi connectivity index (χ2v) is 4.87. The van der Waals surface area contributed by atoms with Crippen molar-refractivity contribution in [2.75, 3.05) is 0 Å². The lowest BCUT2D eigenvalue weighted by atomic mass is 9.83. The third-order valence-electron chi connectivity index (χ3n) is 3.41. The molecule has 1 heterocycles. The lowest BCUT2D eigenvalue weighted by Gasteiger charge is -2.22. The van der Waals surface area contributed by atoms with E-state index in [1.54, 1.807) is 12.4 Å². The molecule has 0 radical (unpaired) electrons. The zero-order valence-corrected chi connectivity index (χ0v) is 9.67. The van der Waals surface area contributed by atoms with E-state index in [2.05, 4.69) is 24.9 Å². The van der Waals surface area contributed by atoms with Gasteiger partial charge in [0.05, 0.1) is 10.6 Å². The van der Waals surface area contributed by atoms with Crippen molar-refractivity contribution in [3.8, 4) is 6.07 Å². The number of halogens is 1. The van der Waals surface area contributed by atoms with E-state index in [0.717, 1.165) is 18.4 Å². The first-order valence-electron chi connectivity index (χ1n) is 5.16. The third kappa shape index (κ3) is 1.52. The highest BCUT2D eigenvalue weighted by Crippen LogP contribution is 2.56. The largest absolute Gasteiger partial charge is 0.262 e. The Morgan fingerprint density at radius 1 is 1.47 bits per heavy atom. The second-order valence-electron chi connectivity index (χ2n) is 4.47. The van der Waals surface area contributed by atoms with Crippen molar-refractivity contribution < 1.29 is 0 Å². The van der Waals surface area contributed by atoms with E-state index in [9.17, 15) is 0 Å². The van der Waals surface area contributed by atoms with Crippen LogP contribution in [0.3, 0.4) is 0 Å². The van der Waals surface area contributed by atoms with Gasteiger partial charge in [0.1, 0.15) is 6.07 Å². The Morgan fingerprint density at radius 2 is 2.13 bits per heavy atom. The van der Waals surface area contributed by atoms with Crippen molar-refractivity contribution >= 4 is 11.6 Å². The molecular weight excluding hydrogens is 208 g/mol. The number of pyridine rings is 1. The molecule has 0 N–H and O–H groups in total. The minimum Gasteiger partial charge on any atom is -0.262 e. The summed E-state index contributed by atoms with van der Waals surface area (Å²) >= 11 is 6.16. The molecule has 1 aliphatic carbocycles. The van der Waals surface area contributed by atoms with Crippen LogP contribution in [0.1, 0.15) is 37.8 Å². The average molecular weight is 221 g/mol. The van der Waals surface area contributed by atoms with Crippen LogP contribution in [0.15, 0.2) is 12.4 Å². The summed E-state index contributed by atoms with van der Waals surface area (Å²) in [7, 11) is 0. The molecule has 2 nitrogen and oxygen atoms in total. The van der Waals surface area contributed by atoms with Crippen LogP contribution in [0.4, 0.5) is 0 Å². The zero-order chi connectivity index (χ0) is 11.1. The van der Waals surface area contributed by atoms with Gasteiger partial charge in [0.25, 0.3) is 0 Å². The Balaban J connectivity index is 2.58. The molecule has 0 bridgehead atoms. The molecule has 1 aromatic heterocycles. The van der Waals surface area contributed by atoms with Gasteiger partial charge >= 0.3 is 0 Å². The van der Waals surface area contributed by atoms with Gasteiger partial charge in [0, 0.05) is 17.8 Å². The average Bonchev–Trinajstić information content (AvgIpc) is 2.98. The predicted octanol–water partition coefficient (Wildman–Crippen LogP) is 3.29. The lowest BCUT2D eigenvalue weighted by Crippen LogP contribution is -2.17. The highest BCUT2D eigenvalue weighted by molar-refractivity contribution is 6.31. The monoisotopic (exact) mass is 220 g/mol. The fourth-order valence-electron chi connectivity index (χ4n) is 2.28. The van der Waals surface area contributed by atoms with Gasteiger partial charge in [-0.15, -0.1) is 0 Å². The van der Waals surface area contributed by atoms with Crippen LogP contribution >= 0.6 is 11.6 Å². The van der Waals surface area contributed by atoms with Crippen molar-refractivity contribution in [3.63, 3.8) is 0 Å². The van der Waals surface area contributed by atoms with E-state index < -0.39 is 0 Å². The summed E-state index contributed by atoms with van der Waals surface area (Å²) in [6.45, 7) is 4.37. The smallest absolute Gasteiger partial charge is 0.101 e. The van der Waals surface area contributed by atoms with E-state index in [-0.39, 0.29) is 5.41 Å². The summed E-state index contributed by atoms with van der Waals surface area (Å²) in [4.78, 5) is 3.96. The molecule has 2 rings (SSSR count). The van der Waals surface area contributed by atoms with E-state index in [4.69, 9.17) is 16.9 Å². The van der Waals surface area contributed by atoms with Gasteiger partial charge in [-0.2, -0.15) is 5.26 Å². The van der Waals surface area contributed by atoms with E-state index in [1.807, 2.05) is 0 Å². The molecule has 78 valence electrons. The highest BCUT2D eigenvalue weighted by Gasteiger charge is 2.49. The molecule has 0 amide bonds. The molecule has 0 aliphatic heterocycles. The molecule has 1 aliphatic rings. The summed E-state index contributed by atoms with van der Waals surface area (Å²) in [5.74, 6) is 0.518. The highest BCUT2D eigenvalue weighted by atomic mass is 35.5. The summed E-state index contributed by atoms with van der Waals surface area (Å²) in [5.41, 5.74) is 1.77.